The van der Waals surface area contributed by atoms with Gasteiger partial charge in [0.05, 0.1) is 5.02 Å². The molecule has 1 aliphatic heterocycles. The van der Waals surface area contributed by atoms with Gasteiger partial charge < -0.3 is 5.32 Å². The summed E-state index contributed by atoms with van der Waals surface area (Å²) < 4.78 is 27.1. The smallest absolute Gasteiger partial charge is 0.244 e. The standard InChI is InChI=1S/C17H23ClN2O3S/c18-15-9-8-14(19-17(21)13-6-2-3-7-13)12-16(15)24(22,23)20-10-4-1-5-11-20/h8-9,12-13H,1-7,10-11H2,(H,19,21). The van der Waals surface area contributed by atoms with Gasteiger partial charge in [0.15, 0.2) is 0 Å². The second-order valence-corrected chi connectivity index (χ2v) is 8.89. The number of benzene rings is 1. The van der Waals surface area contributed by atoms with Crippen LogP contribution in [-0.2, 0) is 14.8 Å². The number of hydrogen-bond donors (Lipinski definition) is 1. The summed E-state index contributed by atoms with van der Waals surface area (Å²) >= 11 is 6.15. The number of nitrogens with one attached hydrogen (secondary N) is 1. The van der Waals surface area contributed by atoms with Crippen LogP contribution in [0.5, 0.6) is 0 Å². The second-order valence-electron chi connectivity index (χ2n) is 6.58. The van der Waals surface area contributed by atoms with E-state index in [1.165, 1.54) is 10.4 Å². The predicted octanol–water partition coefficient (Wildman–Crippen LogP) is 3.64. The van der Waals surface area contributed by atoms with Crippen LogP contribution in [0.25, 0.3) is 0 Å². The van der Waals surface area contributed by atoms with E-state index in [2.05, 4.69) is 5.32 Å². The average Bonchev–Trinajstić information content (AvgIpc) is 3.12. The lowest BCUT2D eigenvalue weighted by atomic mass is 10.1. The molecule has 7 heteroatoms. The fourth-order valence-corrected chi connectivity index (χ4v) is 5.47. The molecule has 2 fully saturated rings. The molecule has 1 heterocycles. The third-order valence-corrected chi connectivity index (χ3v) is 7.24. The van der Waals surface area contributed by atoms with Crippen LogP contribution in [0.4, 0.5) is 5.69 Å². The van der Waals surface area contributed by atoms with Gasteiger partial charge in [0.25, 0.3) is 0 Å². The van der Waals surface area contributed by atoms with E-state index in [1.807, 2.05) is 0 Å². The molecular weight excluding hydrogens is 348 g/mol. The monoisotopic (exact) mass is 370 g/mol. The Morgan fingerprint density at radius 2 is 1.75 bits per heavy atom. The van der Waals surface area contributed by atoms with Crippen LogP contribution < -0.4 is 5.32 Å². The third-order valence-electron chi connectivity index (χ3n) is 4.86. The zero-order valence-corrected chi connectivity index (χ0v) is 15.2. The maximum absolute atomic E-state index is 12.8. The van der Waals surface area contributed by atoms with Crippen molar-refractivity contribution in [2.45, 2.75) is 49.8 Å². The van der Waals surface area contributed by atoms with Gasteiger partial charge in [0, 0.05) is 24.7 Å². The van der Waals surface area contributed by atoms with Crippen LogP contribution >= 0.6 is 11.6 Å². The van der Waals surface area contributed by atoms with Crippen molar-refractivity contribution in [1.29, 1.82) is 0 Å². The molecule has 1 amide bonds. The molecule has 5 nitrogen and oxygen atoms in total. The van der Waals surface area contributed by atoms with E-state index in [1.54, 1.807) is 12.1 Å². The molecule has 0 unspecified atom stereocenters. The molecule has 1 aromatic carbocycles. The molecule has 1 saturated carbocycles. The number of sulfonamides is 1. The van der Waals surface area contributed by atoms with Crippen molar-refractivity contribution in [2.24, 2.45) is 5.92 Å². The molecule has 24 heavy (non-hydrogen) atoms. The SMILES string of the molecule is O=C(Nc1ccc(Cl)c(S(=O)(=O)N2CCCCC2)c1)C1CCCC1. The van der Waals surface area contributed by atoms with Gasteiger partial charge in [-0.15, -0.1) is 0 Å². The number of rotatable bonds is 4. The van der Waals surface area contributed by atoms with Crippen molar-refractivity contribution >= 4 is 33.2 Å². The number of anilines is 1. The largest absolute Gasteiger partial charge is 0.326 e. The predicted molar refractivity (Wildman–Crippen MR) is 94.6 cm³/mol. The van der Waals surface area contributed by atoms with Crippen LogP contribution in [0.3, 0.4) is 0 Å². The molecule has 0 bridgehead atoms. The fourth-order valence-electron chi connectivity index (χ4n) is 3.46. The summed E-state index contributed by atoms with van der Waals surface area (Å²) in [5, 5.41) is 3.04. The lowest BCUT2D eigenvalue weighted by Gasteiger charge is -2.26. The Morgan fingerprint density at radius 3 is 2.42 bits per heavy atom. The molecule has 1 saturated heterocycles. The van der Waals surface area contributed by atoms with Crippen LogP contribution in [-0.4, -0.2) is 31.7 Å². The van der Waals surface area contributed by atoms with Gasteiger partial charge in [-0.25, -0.2) is 8.42 Å². The Bertz CT molecular complexity index is 709. The summed E-state index contributed by atoms with van der Waals surface area (Å²) in [6.07, 6.45) is 6.75. The molecule has 132 valence electrons. The minimum absolute atomic E-state index is 0.0304. The van der Waals surface area contributed by atoms with Crippen molar-refractivity contribution in [3.8, 4) is 0 Å². The number of hydrogen-bond acceptors (Lipinski definition) is 3. The van der Waals surface area contributed by atoms with E-state index >= 15 is 0 Å². The van der Waals surface area contributed by atoms with E-state index in [0.717, 1.165) is 44.9 Å². The lowest BCUT2D eigenvalue weighted by Crippen LogP contribution is -2.35. The van der Waals surface area contributed by atoms with E-state index in [0.29, 0.717) is 18.8 Å². The van der Waals surface area contributed by atoms with Gasteiger partial charge in [-0.2, -0.15) is 4.31 Å². The molecule has 1 aromatic rings. The van der Waals surface area contributed by atoms with Crippen LogP contribution in [0.1, 0.15) is 44.9 Å². The molecule has 2 aliphatic rings. The van der Waals surface area contributed by atoms with Crippen LogP contribution in [0.2, 0.25) is 5.02 Å². The van der Waals surface area contributed by atoms with Crippen molar-refractivity contribution in [3.05, 3.63) is 23.2 Å². The summed E-state index contributed by atoms with van der Waals surface area (Å²) in [5.74, 6) is -0.000951. The molecule has 0 atom stereocenters. The highest BCUT2D eigenvalue weighted by atomic mass is 35.5. The minimum Gasteiger partial charge on any atom is -0.326 e. The molecule has 1 aliphatic carbocycles. The van der Waals surface area contributed by atoms with Crippen molar-refractivity contribution in [2.75, 3.05) is 18.4 Å². The minimum atomic E-state index is -3.62. The maximum Gasteiger partial charge on any atom is 0.244 e. The van der Waals surface area contributed by atoms with Gasteiger partial charge >= 0.3 is 0 Å². The first kappa shape index (κ1) is 17.7. The van der Waals surface area contributed by atoms with Crippen molar-refractivity contribution in [3.63, 3.8) is 0 Å². The summed E-state index contributed by atoms with van der Waals surface area (Å²) in [7, 11) is -3.62. The topological polar surface area (TPSA) is 66.5 Å². The van der Waals surface area contributed by atoms with Gasteiger partial charge in [-0.05, 0) is 43.9 Å². The second kappa shape index (κ2) is 7.42. The molecule has 3 rings (SSSR count). The van der Waals surface area contributed by atoms with E-state index in [9.17, 15) is 13.2 Å². The number of carbonyl (C=O) groups is 1. The molecule has 0 radical (unpaired) electrons. The van der Waals surface area contributed by atoms with E-state index in [-0.39, 0.29) is 21.7 Å². The van der Waals surface area contributed by atoms with Gasteiger partial charge in [0.1, 0.15) is 4.90 Å². The number of piperidine rings is 1. The Balaban J connectivity index is 1.81. The number of amides is 1. The van der Waals surface area contributed by atoms with Crippen molar-refractivity contribution < 1.29 is 13.2 Å². The van der Waals surface area contributed by atoms with E-state index in [4.69, 9.17) is 11.6 Å². The Labute approximate surface area is 148 Å². The third kappa shape index (κ3) is 3.76. The first-order valence-corrected chi connectivity index (χ1v) is 10.4. The number of nitrogens with zero attached hydrogens (tertiary/aromatic N) is 1. The zero-order chi connectivity index (χ0) is 17.2. The lowest BCUT2D eigenvalue weighted by molar-refractivity contribution is -0.119. The summed E-state index contributed by atoms with van der Waals surface area (Å²) in [5.41, 5.74) is 0.492. The quantitative estimate of drug-likeness (QED) is 0.879. The highest BCUT2D eigenvalue weighted by Gasteiger charge is 2.29. The van der Waals surface area contributed by atoms with Crippen LogP contribution in [0, 0.1) is 5.92 Å². The zero-order valence-electron chi connectivity index (χ0n) is 13.6. The maximum atomic E-state index is 12.8. The number of carbonyl (C=O) groups excluding carboxylic acids is 1. The highest BCUT2D eigenvalue weighted by molar-refractivity contribution is 7.89. The first-order valence-electron chi connectivity index (χ1n) is 8.59. The Kier molecular flexibility index (Phi) is 5.47. The molecule has 1 N–H and O–H groups in total. The Hall–Kier alpha value is -1.11. The normalized spacial score (nSPS) is 20.2. The average molecular weight is 371 g/mol. The summed E-state index contributed by atoms with van der Waals surface area (Å²) in [6, 6.07) is 4.69. The highest BCUT2D eigenvalue weighted by Crippen LogP contribution is 2.31. The van der Waals surface area contributed by atoms with Gasteiger partial charge in [-0.1, -0.05) is 30.9 Å². The van der Waals surface area contributed by atoms with Gasteiger partial charge in [-0.3, -0.25) is 4.79 Å². The van der Waals surface area contributed by atoms with E-state index < -0.39 is 10.0 Å². The summed E-state index contributed by atoms with van der Waals surface area (Å²) in [6.45, 7) is 1.05. The van der Waals surface area contributed by atoms with Gasteiger partial charge in [0.2, 0.25) is 15.9 Å². The number of halogens is 1. The summed E-state index contributed by atoms with van der Waals surface area (Å²) in [4.78, 5) is 12.3. The fraction of sp³-hybridized carbons (Fsp3) is 0.588. The molecular formula is C17H23ClN2O3S. The first-order chi connectivity index (χ1) is 11.5. The van der Waals surface area contributed by atoms with Crippen LogP contribution in [0.15, 0.2) is 23.1 Å². The molecule has 0 spiro atoms. The Morgan fingerprint density at radius 1 is 1.08 bits per heavy atom. The molecule has 0 aromatic heterocycles. The van der Waals surface area contributed by atoms with Crippen molar-refractivity contribution in [1.82, 2.24) is 4.31 Å².